The molecule has 0 spiro atoms. The molecule has 0 fully saturated rings. The van der Waals surface area contributed by atoms with Crippen molar-refractivity contribution in [1.29, 1.82) is 0 Å². The largest absolute Gasteiger partial charge is 0.136 e. The molecular formula is C16H22Si. The molecule has 1 aromatic rings. The lowest BCUT2D eigenvalue weighted by atomic mass is 10.1. The van der Waals surface area contributed by atoms with E-state index in [2.05, 4.69) is 61.5 Å². The minimum atomic E-state index is -1.31. The lowest BCUT2D eigenvalue weighted by Gasteiger charge is -2.10. The van der Waals surface area contributed by atoms with E-state index in [-0.39, 0.29) is 0 Å². The van der Waals surface area contributed by atoms with Gasteiger partial charge in [0.15, 0.2) is 0 Å². The van der Waals surface area contributed by atoms with Crippen LogP contribution in [0.3, 0.4) is 0 Å². The molecule has 0 saturated heterocycles. The number of allylic oxidation sites excluding steroid dienone is 1. The van der Waals surface area contributed by atoms with E-state index in [4.69, 9.17) is 0 Å². The second kappa shape index (κ2) is 7.14. The Balaban J connectivity index is 2.29. The SMILES string of the molecule is C=CC[Si](C)(C)C#CCCCc1ccccc1. The van der Waals surface area contributed by atoms with Crippen LogP contribution in [0, 0.1) is 11.5 Å². The third kappa shape index (κ3) is 6.14. The van der Waals surface area contributed by atoms with Crippen molar-refractivity contribution in [3.8, 4) is 11.5 Å². The van der Waals surface area contributed by atoms with Gasteiger partial charge in [-0.1, -0.05) is 49.5 Å². The van der Waals surface area contributed by atoms with Crippen molar-refractivity contribution < 1.29 is 0 Å². The van der Waals surface area contributed by atoms with Crippen molar-refractivity contribution in [1.82, 2.24) is 0 Å². The summed E-state index contributed by atoms with van der Waals surface area (Å²) in [5.41, 5.74) is 4.88. The smallest absolute Gasteiger partial charge is 0.131 e. The summed E-state index contributed by atoms with van der Waals surface area (Å²) in [7, 11) is -1.31. The molecule has 0 atom stereocenters. The molecule has 0 heterocycles. The van der Waals surface area contributed by atoms with Crippen molar-refractivity contribution >= 4 is 8.07 Å². The first-order valence-electron chi connectivity index (χ1n) is 6.29. The molecule has 0 aliphatic heterocycles. The highest BCUT2D eigenvalue weighted by molar-refractivity contribution is 6.85. The monoisotopic (exact) mass is 242 g/mol. The first-order chi connectivity index (χ1) is 8.14. The Hall–Kier alpha value is -1.26. The fourth-order valence-corrected chi connectivity index (χ4v) is 3.17. The van der Waals surface area contributed by atoms with Crippen LogP contribution in [-0.2, 0) is 6.42 Å². The zero-order valence-corrected chi connectivity index (χ0v) is 12.0. The van der Waals surface area contributed by atoms with Crippen LogP contribution in [0.1, 0.15) is 18.4 Å². The van der Waals surface area contributed by atoms with E-state index in [1.165, 1.54) is 5.56 Å². The van der Waals surface area contributed by atoms with Gasteiger partial charge in [0, 0.05) is 6.42 Å². The molecule has 0 N–H and O–H groups in total. The van der Waals surface area contributed by atoms with E-state index in [1.807, 2.05) is 6.08 Å². The molecule has 0 aliphatic carbocycles. The highest BCUT2D eigenvalue weighted by atomic mass is 28.3. The molecule has 0 amide bonds. The Morgan fingerprint density at radius 2 is 1.94 bits per heavy atom. The van der Waals surface area contributed by atoms with E-state index in [0.717, 1.165) is 25.3 Å². The average molecular weight is 242 g/mol. The maximum atomic E-state index is 3.80. The van der Waals surface area contributed by atoms with Gasteiger partial charge in [-0.25, -0.2) is 0 Å². The highest BCUT2D eigenvalue weighted by Gasteiger charge is 2.14. The lowest BCUT2D eigenvalue weighted by molar-refractivity contribution is 0.858. The number of aryl methyl sites for hydroxylation is 1. The van der Waals surface area contributed by atoms with Gasteiger partial charge < -0.3 is 0 Å². The summed E-state index contributed by atoms with van der Waals surface area (Å²) in [6.45, 7) is 8.41. The molecule has 0 nitrogen and oxygen atoms in total. The maximum absolute atomic E-state index is 3.80. The van der Waals surface area contributed by atoms with Crippen LogP contribution in [0.4, 0.5) is 0 Å². The predicted molar refractivity (Wildman–Crippen MR) is 79.6 cm³/mol. The van der Waals surface area contributed by atoms with E-state index in [0.29, 0.717) is 0 Å². The zero-order valence-electron chi connectivity index (χ0n) is 11.0. The molecule has 1 rings (SSSR count). The number of benzene rings is 1. The summed E-state index contributed by atoms with van der Waals surface area (Å²) >= 11 is 0. The Morgan fingerprint density at radius 3 is 2.59 bits per heavy atom. The molecule has 1 aromatic carbocycles. The molecular weight excluding hydrogens is 220 g/mol. The number of hydrogen-bond donors (Lipinski definition) is 0. The van der Waals surface area contributed by atoms with Gasteiger partial charge in [-0.2, -0.15) is 0 Å². The Kier molecular flexibility index (Phi) is 5.80. The van der Waals surface area contributed by atoms with E-state index >= 15 is 0 Å². The van der Waals surface area contributed by atoms with Crippen LogP contribution >= 0.6 is 0 Å². The summed E-state index contributed by atoms with van der Waals surface area (Å²) in [4.78, 5) is 0. The normalized spacial score (nSPS) is 10.5. The minimum absolute atomic E-state index is 1.02. The van der Waals surface area contributed by atoms with Gasteiger partial charge in [-0.3, -0.25) is 0 Å². The van der Waals surface area contributed by atoms with Crippen molar-refractivity contribution in [3.05, 3.63) is 48.6 Å². The minimum Gasteiger partial charge on any atom is -0.131 e. The molecule has 0 unspecified atom stereocenters. The van der Waals surface area contributed by atoms with Gasteiger partial charge in [0.2, 0.25) is 0 Å². The van der Waals surface area contributed by atoms with Gasteiger partial charge >= 0.3 is 0 Å². The lowest BCUT2D eigenvalue weighted by Crippen LogP contribution is -2.21. The van der Waals surface area contributed by atoms with Crippen LogP contribution in [0.5, 0.6) is 0 Å². The zero-order chi connectivity index (χ0) is 12.6. The van der Waals surface area contributed by atoms with Crippen LogP contribution in [0.25, 0.3) is 0 Å². The fraction of sp³-hybridized carbons (Fsp3) is 0.375. The second-order valence-corrected chi connectivity index (χ2v) is 9.44. The summed E-state index contributed by atoms with van der Waals surface area (Å²) in [5.74, 6) is 3.34. The molecule has 90 valence electrons. The van der Waals surface area contributed by atoms with E-state index in [9.17, 15) is 0 Å². The fourth-order valence-electron chi connectivity index (χ4n) is 1.74. The number of hydrogen-bond acceptors (Lipinski definition) is 0. The topological polar surface area (TPSA) is 0 Å². The Labute approximate surface area is 107 Å². The van der Waals surface area contributed by atoms with Gasteiger partial charge in [-0.05, 0) is 24.4 Å². The van der Waals surface area contributed by atoms with Gasteiger partial charge in [-0.15, -0.1) is 18.0 Å². The molecule has 0 saturated carbocycles. The quantitative estimate of drug-likeness (QED) is 0.310. The first kappa shape index (κ1) is 13.8. The van der Waals surface area contributed by atoms with Crippen molar-refractivity contribution in [2.45, 2.75) is 38.4 Å². The van der Waals surface area contributed by atoms with Gasteiger partial charge in [0.1, 0.15) is 8.07 Å². The Bertz CT molecular complexity index is 393. The molecule has 1 heteroatoms. The third-order valence-corrected chi connectivity index (χ3v) is 4.85. The van der Waals surface area contributed by atoms with Crippen LogP contribution in [0.15, 0.2) is 43.0 Å². The number of rotatable bonds is 5. The van der Waals surface area contributed by atoms with Crippen LogP contribution in [0.2, 0.25) is 19.1 Å². The first-order valence-corrected chi connectivity index (χ1v) is 9.49. The van der Waals surface area contributed by atoms with Crippen LogP contribution < -0.4 is 0 Å². The summed E-state index contributed by atoms with van der Waals surface area (Å²) in [6, 6.07) is 11.7. The molecule has 0 bridgehead atoms. The maximum Gasteiger partial charge on any atom is 0.136 e. The van der Waals surface area contributed by atoms with Crippen molar-refractivity contribution in [2.75, 3.05) is 0 Å². The third-order valence-electron chi connectivity index (χ3n) is 2.69. The summed E-state index contributed by atoms with van der Waals surface area (Å²) in [6.07, 6.45) is 5.32. The molecule has 17 heavy (non-hydrogen) atoms. The Morgan fingerprint density at radius 1 is 1.24 bits per heavy atom. The van der Waals surface area contributed by atoms with Crippen LogP contribution in [-0.4, -0.2) is 8.07 Å². The van der Waals surface area contributed by atoms with Gasteiger partial charge in [0.05, 0.1) is 0 Å². The predicted octanol–water partition coefficient (Wildman–Crippen LogP) is 4.45. The van der Waals surface area contributed by atoms with E-state index in [1.54, 1.807) is 0 Å². The average Bonchev–Trinajstić information content (AvgIpc) is 2.30. The molecule has 0 radical (unpaired) electrons. The second-order valence-electron chi connectivity index (χ2n) is 5.02. The highest BCUT2D eigenvalue weighted by Crippen LogP contribution is 2.08. The summed E-state index contributed by atoms with van der Waals surface area (Å²) in [5, 5.41) is 0. The number of unbranched alkanes of at least 4 members (excludes halogenated alkanes) is 1. The molecule has 0 aromatic heterocycles. The van der Waals surface area contributed by atoms with Crippen molar-refractivity contribution in [2.24, 2.45) is 0 Å². The summed E-state index contributed by atoms with van der Waals surface area (Å²) < 4.78 is 0. The van der Waals surface area contributed by atoms with Crippen molar-refractivity contribution in [3.63, 3.8) is 0 Å². The molecule has 0 aliphatic rings. The standard InChI is InChI=1S/C16H22Si/c1-4-14-17(2,3)15-10-6-9-13-16-11-7-5-8-12-16/h4-5,7-8,11-12H,1,6,9,13-14H2,2-3H3. The van der Waals surface area contributed by atoms with E-state index < -0.39 is 8.07 Å². The van der Waals surface area contributed by atoms with Gasteiger partial charge in [0.25, 0.3) is 0 Å².